The van der Waals surface area contributed by atoms with Gasteiger partial charge in [0, 0.05) is 24.1 Å². The van der Waals surface area contributed by atoms with Gasteiger partial charge in [0.05, 0.1) is 12.2 Å². The van der Waals surface area contributed by atoms with Crippen LogP contribution in [0.25, 0.3) is 0 Å². The van der Waals surface area contributed by atoms with E-state index >= 15 is 0 Å². The second kappa shape index (κ2) is 8.26. The van der Waals surface area contributed by atoms with E-state index in [0.717, 1.165) is 63.4 Å². The molecular weight excluding hydrogens is 420 g/mol. The molecule has 2 amide bonds. The van der Waals surface area contributed by atoms with E-state index in [0.29, 0.717) is 24.4 Å². The molecule has 5 aliphatic rings. The minimum Gasteiger partial charge on any atom is -0.458 e. The molecule has 0 spiro atoms. The Hall–Kier alpha value is -1.60. The fraction of sp³-hybridized carbons (Fsp3) is 0.846. The smallest absolute Gasteiger partial charge is 0.331 e. The minimum atomic E-state index is -0.680. The van der Waals surface area contributed by atoms with Crippen molar-refractivity contribution in [2.45, 2.75) is 83.3 Å². The van der Waals surface area contributed by atoms with E-state index in [4.69, 9.17) is 9.84 Å². The lowest BCUT2D eigenvalue weighted by molar-refractivity contribution is -0.204. The van der Waals surface area contributed by atoms with Crippen LogP contribution in [0.4, 0.5) is 4.79 Å². The molecule has 5 rings (SSSR count). The second-order valence-corrected chi connectivity index (χ2v) is 11.9. The minimum absolute atomic E-state index is 0.0504. The lowest BCUT2D eigenvalue weighted by Crippen LogP contribution is -2.63. The van der Waals surface area contributed by atoms with Crippen LogP contribution in [0.1, 0.15) is 71.6 Å². The molecule has 33 heavy (non-hydrogen) atoms. The molecule has 0 unspecified atom stereocenters. The number of aliphatic hydroxyl groups excluding tert-OH is 1. The van der Waals surface area contributed by atoms with Crippen LogP contribution in [0.5, 0.6) is 0 Å². The van der Waals surface area contributed by atoms with Gasteiger partial charge in [-0.1, -0.05) is 13.8 Å². The van der Waals surface area contributed by atoms with E-state index in [9.17, 15) is 14.7 Å². The Morgan fingerprint density at radius 3 is 2.67 bits per heavy atom. The zero-order chi connectivity index (χ0) is 23.4. The first kappa shape index (κ1) is 23.2. The molecule has 4 N–H and O–H groups in total. The molecule has 0 saturated heterocycles. The van der Waals surface area contributed by atoms with Crippen molar-refractivity contribution in [2.75, 3.05) is 19.8 Å². The van der Waals surface area contributed by atoms with Gasteiger partial charge in [-0.05, 0) is 92.4 Å². The monoisotopic (exact) mass is 460 g/mol. The van der Waals surface area contributed by atoms with Gasteiger partial charge in [-0.2, -0.15) is 0 Å². The molecule has 0 radical (unpaired) electrons. The van der Waals surface area contributed by atoms with Gasteiger partial charge in [-0.25, -0.2) is 9.59 Å². The number of carbonyl (C=O) groups excluding carboxylic acids is 2. The second-order valence-electron chi connectivity index (χ2n) is 11.9. The number of carbonyl (C=O) groups is 2. The normalized spacial score (nSPS) is 46.5. The first-order valence-corrected chi connectivity index (χ1v) is 13.0. The molecule has 0 aromatic heterocycles. The maximum absolute atomic E-state index is 12.3. The number of esters is 1. The third-order valence-electron chi connectivity index (χ3n) is 10.7. The first-order chi connectivity index (χ1) is 15.7. The van der Waals surface area contributed by atoms with E-state index in [1.165, 1.54) is 0 Å². The fourth-order valence-electron chi connectivity index (χ4n) is 8.95. The maximum Gasteiger partial charge on any atom is 0.331 e. The number of hydrogen-bond acceptors (Lipinski definition) is 5. The number of fused-ring (bicyclic) bond motifs is 5. The number of rotatable bonds is 4. The number of nitrogens with one attached hydrogen (secondary N) is 2. The summed E-state index contributed by atoms with van der Waals surface area (Å²) >= 11 is 0. The molecule has 7 nitrogen and oxygen atoms in total. The summed E-state index contributed by atoms with van der Waals surface area (Å²) < 4.78 is 5.23. The summed E-state index contributed by atoms with van der Waals surface area (Å²) in [6.45, 7) is 5.33. The topological polar surface area (TPSA) is 108 Å². The average Bonchev–Trinajstić information content (AvgIpc) is 3.32. The van der Waals surface area contributed by atoms with Crippen LogP contribution < -0.4 is 10.6 Å². The predicted molar refractivity (Wildman–Crippen MR) is 123 cm³/mol. The van der Waals surface area contributed by atoms with Gasteiger partial charge in [0.15, 0.2) is 0 Å². The summed E-state index contributed by atoms with van der Waals surface area (Å²) in [5.41, 5.74) is 0.410. The molecule has 4 fully saturated rings. The van der Waals surface area contributed by atoms with E-state index in [-0.39, 0.29) is 47.9 Å². The number of cyclic esters (lactones) is 1. The van der Waals surface area contributed by atoms with Crippen LogP contribution in [0.2, 0.25) is 0 Å². The molecule has 0 bridgehead atoms. The van der Waals surface area contributed by atoms with Crippen molar-refractivity contribution in [2.24, 2.45) is 34.5 Å². The molecular formula is C26H40N2O5. The third-order valence-corrected chi connectivity index (χ3v) is 10.7. The Balaban J connectivity index is 1.31. The van der Waals surface area contributed by atoms with Gasteiger partial charge in [-0.3, -0.25) is 0 Å². The number of urea groups is 1. The van der Waals surface area contributed by atoms with Gasteiger partial charge in [0.2, 0.25) is 0 Å². The van der Waals surface area contributed by atoms with E-state index in [2.05, 4.69) is 24.5 Å². The summed E-state index contributed by atoms with van der Waals surface area (Å²) in [4.78, 5) is 23.8. The molecule has 1 aliphatic heterocycles. The Kier molecular flexibility index (Phi) is 5.80. The third kappa shape index (κ3) is 3.53. The van der Waals surface area contributed by atoms with Crippen LogP contribution in [0.15, 0.2) is 11.6 Å². The number of aliphatic hydroxyl groups is 2. The predicted octanol–water partition coefficient (Wildman–Crippen LogP) is 2.90. The van der Waals surface area contributed by atoms with Crippen LogP contribution in [-0.4, -0.2) is 53.6 Å². The fourth-order valence-corrected chi connectivity index (χ4v) is 8.95. The highest BCUT2D eigenvalue weighted by Crippen LogP contribution is 2.69. The van der Waals surface area contributed by atoms with Crippen LogP contribution >= 0.6 is 0 Å². The molecule has 7 heteroatoms. The zero-order valence-corrected chi connectivity index (χ0v) is 20.1. The van der Waals surface area contributed by atoms with Crippen LogP contribution in [0.3, 0.4) is 0 Å². The van der Waals surface area contributed by atoms with Crippen molar-refractivity contribution in [1.82, 2.24) is 10.6 Å². The largest absolute Gasteiger partial charge is 0.458 e. The number of ether oxygens (including phenoxy) is 1. The highest BCUT2D eigenvalue weighted by Gasteiger charge is 2.67. The SMILES string of the molecule is C[C@]12CC[C@H](NC(=O)NCCO)C[C@H]1CC[C@@H]1[C@@H]2CC[C@]2(C)[C@@H](C3=CC(=O)OC3)CC[C@]12O. The Labute approximate surface area is 196 Å². The summed E-state index contributed by atoms with van der Waals surface area (Å²) in [5, 5.41) is 27.0. The molecule has 184 valence electrons. The van der Waals surface area contributed by atoms with Crippen molar-refractivity contribution in [3.8, 4) is 0 Å². The van der Waals surface area contributed by atoms with Gasteiger partial charge in [0.1, 0.15) is 6.61 Å². The summed E-state index contributed by atoms with van der Waals surface area (Å²) in [7, 11) is 0. The van der Waals surface area contributed by atoms with Crippen molar-refractivity contribution in [1.29, 1.82) is 0 Å². The van der Waals surface area contributed by atoms with Crippen molar-refractivity contribution in [3.05, 3.63) is 11.6 Å². The lowest BCUT2D eigenvalue weighted by atomic mass is 9.43. The zero-order valence-electron chi connectivity index (χ0n) is 20.1. The van der Waals surface area contributed by atoms with E-state index in [1.807, 2.05) is 0 Å². The lowest BCUT2D eigenvalue weighted by Gasteiger charge is -2.63. The number of amides is 2. The molecule has 8 atom stereocenters. The molecule has 0 aromatic rings. The summed E-state index contributed by atoms with van der Waals surface area (Å²) in [5.74, 6) is 1.37. The summed E-state index contributed by atoms with van der Waals surface area (Å²) in [6, 6.07) is -0.00674. The van der Waals surface area contributed by atoms with Crippen LogP contribution in [-0.2, 0) is 9.53 Å². The first-order valence-electron chi connectivity index (χ1n) is 13.0. The maximum atomic E-state index is 12.3. The van der Waals surface area contributed by atoms with Crippen molar-refractivity contribution in [3.63, 3.8) is 0 Å². The standard InChI is InChI=1S/C26H40N2O5/c1-24-8-5-18(28-23(31)27-11-12-29)14-17(24)3-4-21-20(24)6-9-25(2)19(7-10-26(21,25)32)16-13-22(30)33-15-16/h13,17-21,29,32H,3-12,14-15H2,1-2H3,(H2,27,28,31)/t17-,18+,19-,20+,21-,24+,25-,26+/m1/s1. The molecule has 1 heterocycles. The van der Waals surface area contributed by atoms with Gasteiger partial charge < -0.3 is 25.6 Å². The Morgan fingerprint density at radius 1 is 1.12 bits per heavy atom. The average molecular weight is 461 g/mol. The van der Waals surface area contributed by atoms with Crippen molar-refractivity contribution < 1.29 is 24.5 Å². The van der Waals surface area contributed by atoms with Crippen LogP contribution in [0, 0.1) is 34.5 Å². The molecule has 4 aliphatic carbocycles. The molecule has 0 aromatic carbocycles. The Morgan fingerprint density at radius 2 is 1.94 bits per heavy atom. The van der Waals surface area contributed by atoms with Gasteiger partial charge >= 0.3 is 12.0 Å². The highest BCUT2D eigenvalue weighted by atomic mass is 16.5. The van der Waals surface area contributed by atoms with E-state index in [1.54, 1.807) is 6.08 Å². The van der Waals surface area contributed by atoms with E-state index < -0.39 is 5.60 Å². The van der Waals surface area contributed by atoms with Crippen molar-refractivity contribution >= 4 is 12.0 Å². The van der Waals surface area contributed by atoms with Gasteiger partial charge in [0.25, 0.3) is 0 Å². The molecule has 4 saturated carbocycles. The van der Waals surface area contributed by atoms with Gasteiger partial charge in [-0.15, -0.1) is 0 Å². The Bertz CT molecular complexity index is 845. The number of hydrogen-bond donors (Lipinski definition) is 4. The quantitative estimate of drug-likeness (QED) is 0.483. The highest BCUT2D eigenvalue weighted by molar-refractivity contribution is 5.85. The summed E-state index contributed by atoms with van der Waals surface area (Å²) in [6.07, 6.45) is 10.7.